The van der Waals surface area contributed by atoms with E-state index in [-0.39, 0.29) is 117 Å². The van der Waals surface area contributed by atoms with Gasteiger partial charge in [-0.1, -0.05) is 78.5 Å². The lowest BCUT2D eigenvalue weighted by molar-refractivity contribution is -0.164. The number of aliphatic hydroxyl groups excluding tert-OH is 1. The van der Waals surface area contributed by atoms with E-state index in [1.54, 1.807) is 52.0 Å². The number of carbonyl (C=O) groups is 5. The fraction of sp³-hybridized carbons (Fsp3) is 0.738. The van der Waals surface area contributed by atoms with E-state index in [0.717, 1.165) is 5.56 Å². The smallest absolute Gasteiger partial charge is 0.317 e. The Morgan fingerprint density at radius 2 is 1.36 bits per heavy atom. The Morgan fingerprint density at radius 3 is 1.81 bits per heavy atom. The molecule has 1 aromatic carbocycles. The first-order valence-electron chi connectivity index (χ1n) is 15.5. The molecule has 1 aromatic rings. The molecule has 11 nitrogen and oxygen atoms in total. The van der Waals surface area contributed by atoms with Crippen LogP contribution in [0.2, 0.25) is 0 Å². The molecule has 0 radical (unpaired) electrons. The zero-order valence-electron chi connectivity index (χ0n) is 27.8. The van der Waals surface area contributed by atoms with Crippen LogP contribution in [-0.4, -0.2) is 74.4 Å². The van der Waals surface area contributed by atoms with E-state index < -0.39 is 46.0 Å². The average Bonchev–Trinajstić information content (AvgIpc) is 3.83. The first-order valence-corrected chi connectivity index (χ1v) is 15.5. The second-order valence-electron chi connectivity index (χ2n) is 13.2. The summed E-state index contributed by atoms with van der Waals surface area (Å²) in [6.07, 6.45) is 1.35. The molecule has 1 aliphatic heterocycles. The third kappa shape index (κ3) is 20.7. The Labute approximate surface area is 325 Å². The van der Waals surface area contributed by atoms with Gasteiger partial charge in [-0.15, -0.1) is 0 Å². The van der Waals surface area contributed by atoms with Crippen LogP contribution < -0.4 is 4.74 Å². The van der Waals surface area contributed by atoms with E-state index >= 15 is 0 Å². The van der Waals surface area contributed by atoms with Gasteiger partial charge in [0.25, 0.3) is 0 Å². The quantitative estimate of drug-likeness (QED) is 0.0444. The Hall–Kier alpha value is -3.31. The van der Waals surface area contributed by atoms with Crippen molar-refractivity contribution in [2.45, 2.75) is 152 Å². The molecule has 4 atom stereocenters. The molecule has 0 spiro atoms. The van der Waals surface area contributed by atoms with Crippen LogP contribution in [-0.2, 0) is 49.3 Å². The van der Waals surface area contributed by atoms with Crippen molar-refractivity contribution in [1.29, 1.82) is 0 Å². The Balaban J connectivity index is -0.000000529. The van der Waals surface area contributed by atoms with Gasteiger partial charge in [0.15, 0.2) is 0 Å². The second kappa shape index (κ2) is 29.1. The van der Waals surface area contributed by atoms with Gasteiger partial charge in [-0.2, -0.15) is 0 Å². The van der Waals surface area contributed by atoms with Crippen LogP contribution in [0.5, 0.6) is 5.75 Å². The molecule has 53 heavy (non-hydrogen) atoms. The summed E-state index contributed by atoms with van der Waals surface area (Å²) in [5.41, 5.74) is -2.66. The lowest BCUT2D eigenvalue weighted by Gasteiger charge is -2.37. The fourth-order valence-corrected chi connectivity index (χ4v) is 5.38. The minimum absolute atomic E-state index is 0. The molecule has 2 rings (SSSR count). The fourth-order valence-electron chi connectivity index (χ4n) is 5.38. The number of rotatable bonds is 20. The summed E-state index contributed by atoms with van der Waals surface area (Å²) in [7, 11) is 1.24. The maximum atomic E-state index is 13.6. The number of aryl methyl sites for hydroxylation is 1. The van der Waals surface area contributed by atoms with Gasteiger partial charge in [-0.3, -0.25) is 19.2 Å². The molecule has 0 bridgehead atoms. The largest absolute Gasteiger partial charge is 0.469 e. The molecule has 1 heterocycles. The van der Waals surface area contributed by atoms with Crippen molar-refractivity contribution >= 4 is 29.7 Å². The lowest BCUT2D eigenvalue weighted by atomic mass is 9.67. The number of ketones is 1. The summed E-state index contributed by atoms with van der Waals surface area (Å²) >= 11 is 0. The third-order valence-corrected chi connectivity index (χ3v) is 8.31. The highest BCUT2D eigenvalue weighted by molar-refractivity contribution is 5.83. The van der Waals surface area contributed by atoms with E-state index in [2.05, 4.69) is 0 Å². The number of carbonyl (C=O) groups excluding carboxylic acids is 5. The van der Waals surface area contributed by atoms with Crippen molar-refractivity contribution in [3.05, 3.63) is 29.8 Å². The molecule has 0 saturated carbocycles. The van der Waals surface area contributed by atoms with Gasteiger partial charge < -0.3 is 33.6 Å². The predicted octanol–water partition coefficient (Wildman–Crippen LogP) is 9.48. The van der Waals surface area contributed by atoms with Crippen molar-refractivity contribution < 1.29 is 52.8 Å². The van der Waals surface area contributed by atoms with Gasteiger partial charge >= 0.3 is 23.9 Å². The van der Waals surface area contributed by atoms with Crippen LogP contribution in [0, 0.1) is 22.2 Å². The third-order valence-electron chi connectivity index (χ3n) is 8.31. The van der Waals surface area contributed by atoms with Crippen molar-refractivity contribution in [3.8, 4) is 5.75 Å². The van der Waals surface area contributed by atoms with Gasteiger partial charge in [0, 0.05) is 19.4 Å². The van der Waals surface area contributed by atoms with Crippen molar-refractivity contribution in [2.24, 2.45) is 22.2 Å². The number of esters is 4. The highest BCUT2D eigenvalue weighted by atomic mass is 16.6. The van der Waals surface area contributed by atoms with Crippen molar-refractivity contribution in [2.75, 3.05) is 33.5 Å². The highest BCUT2D eigenvalue weighted by Crippen LogP contribution is 2.44. The second-order valence-corrected chi connectivity index (χ2v) is 13.2. The highest BCUT2D eigenvalue weighted by Gasteiger charge is 2.48. The van der Waals surface area contributed by atoms with Crippen LogP contribution >= 0.6 is 0 Å². The normalized spacial score (nSPS) is 15.0. The number of benzene rings is 1. The molecular formula is C42H82O11. The van der Waals surface area contributed by atoms with E-state index in [9.17, 15) is 29.1 Å². The standard InChI is InChI=1S/C34H50O11.8CH4/c1-8-33(5,31(40)45-26-14-12-24(13-15-26)11-10-23(2)36)18-25(28(37)42-17-9-16-35)19-34(6,30(39)41-7)22-32(3,4)29(38)44-21-27-20-43-27;;;;;;;;/h12-15,25,27,35H,8-11,16-22H2,1-7H3;8*1H4. The van der Waals surface area contributed by atoms with E-state index in [1.807, 2.05) is 6.92 Å². The number of aliphatic hydroxyl groups is 1. The van der Waals surface area contributed by atoms with E-state index in [4.69, 9.17) is 23.7 Å². The summed E-state index contributed by atoms with van der Waals surface area (Å²) in [6, 6.07) is 6.91. The maximum Gasteiger partial charge on any atom is 0.317 e. The van der Waals surface area contributed by atoms with Gasteiger partial charge in [0.1, 0.15) is 24.2 Å². The van der Waals surface area contributed by atoms with Crippen molar-refractivity contribution in [1.82, 2.24) is 0 Å². The summed E-state index contributed by atoms with van der Waals surface area (Å²) < 4.78 is 26.9. The Morgan fingerprint density at radius 1 is 0.830 bits per heavy atom. The molecular weight excluding hydrogens is 680 g/mol. The topological polar surface area (TPSA) is 155 Å². The molecule has 1 saturated heterocycles. The van der Waals surface area contributed by atoms with Crippen LogP contribution in [0.4, 0.5) is 0 Å². The summed E-state index contributed by atoms with van der Waals surface area (Å²) in [4.78, 5) is 64.6. The molecule has 0 aliphatic carbocycles. The van der Waals surface area contributed by atoms with Gasteiger partial charge in [0.2, 0.25) is 0 Å². The van der Waals surface area contributed by atoms with E-state index in [1.165, 1.54) is 14.0 Å². The van der Waals surface area contributed by atoms with Crippen LogP contribution in [0.25, 0.3) is 0 Å². The van der Waals surface area contributed by atoms with E-state index in [0.29, 0.717) is 31.6 Å². The number of hydrogen-bond donors (Lipinski definition) is 1. The minimum Gasteiger partial charge on any atom is -0.469 e. The Kier molecular flexibility index (Phi) is 35.5. The summed E-state index contributed by atoms with van der Waals surface area (Å²) in [5, 5.41) is 9.20. The first kappa shape index (κ1) is 64.6. The minimum atomic E-state index is -1.33. The maximum absolute atomic E-state index is 13.6. The Bertz CT molecular complexity index is 1170. The monoisotopic (exact) mass is 763 g/mol. The zero-order valence-corrected chi connectivity index (χ0v) is 27.8. The molecule has 11 heteroatoms. The molecule has 316 valence electrons. The number of hydrogen-bond acceptors (Lipinski definition) is 11. The number of methoxy groups -OCH3 is 1. The molecule has 1 fully saturated rings. The van der Waals surface area contributed by atoms with Crippen LogP contribution in [0.15, 0.2) is 24.3 Å². The number of Topliss-reactive ketones (excluding diaryl/α,β-unsaturated/α-hetero) is 1. The molecule has 1 aliphatic rings. The van der Waals surface area contributed by atoms with Gasteiger partial charge in [-0.25, -0.2) is 0 Å². The molecule has 0 aromatic heterocycles. The number of epoxide rings is 1. The van der Waals surface area contributed by atoms with Gasteiger partial charge in [0.05, 0.1) is 42.5 Å². The van der Waals surface area contributed by atoms with Crippen LogP contribution in [0.3, 0.4) is 0 Å². The van der Waals surface area contributed by atoms with Crippen LogP contribution in [0.1, 0.15) is 145 Å². The van der Waals surface area contributed by atoms with Crippen molar-refractivity contribution in [3.63, 3.8) is 0 Å². The average molecular weight is 763 g/mol. The van der Waals surface area contributed by atoms with Gasteiger partial charge in [-0.05, 0) is 84.4 Å². The first-order chi connectivity index (χ1) is 21.1. The zero-order chi connectivity index (χ0) is 33.8. The predicted molar refractivity (Wildman–Crippen MR) is 218 cm³/mol. The summed E-state index contributed by atoms with van der Waals surface area (Å²) in [6.45, 7) is 10.4. The molecule has 1 N–H and O–H groups in total. The molecule has 0 amide bonds. The number of ether oxygens (including phenoxy) is 5. The lowest BCUT2D eigenvalue weighted by Crippen LogP contribution is -2.43. The SMILES string of the molecule is C.C.C.C.C.C.C.C.CCC(C)(CC(CC(C)(CC(C)(C)C(=O)OCC1CO1)C(=O)OC)C(=O)OCCCO)C(=O)Oc1ccc(CCC(C)=O)cc1. The summed E-state index contributed by atoms with van der Waals surface area (Å²) in [5.74, 6) is -2.86. The molecule has 4 unspecified atom stereocenters.